The summed E-state index contributed by atoms with van der Waals surface area (Å²) in [6.45, 7) is 2.26. The van der Waals surface area contributed by atoms with Gasteiger partial charge < -0.3 is 10.0 Å². The number of rotatable bonds is 2. The molecule has 0 spiro atoms. The molecule has 1 atom stereocenters. The zero-order chi connectivity index (χ0) is 13.3. The number of hydrogen-bond donors (Lipinski definition) is 1. The summed E-state index contributed by atoms with van der Waals surface area (Å²) in [5.41, 5.74) is -0.244. The molecule has 1 N–H and O–H groups in total. The highest BCUT2D eigenvalue weighted by molar-refractivity contribution is 5.95. The van der Waals surface area contributed by atoms with Crippen molar-refractivity contribution in [3.05, 3.63) is 34.9 Å². The molecule has 2 rings (SSSR count). The lowest BCUT2D eigenvalue weighted by Crippen LogP contribution is -2.30. The number of aryl methyl sites for hydroxylation is 1. The number of benzene rings is 1. The molecular formula is C13H15F2NO2. The second-order valence-corrected chi connectivity index (χ2v) is 4.64. The van der Waals surface area contributed by atoms with Gasteiger partial charge in [-0.1, -0.05) is 6.07 Å². The van der Waals surface area contributed by atoms with Crippen LogP contribution in [0.15, 0.2) is 12.1 Å². The Morgan fingerprint density at radius 1 is 1.50 bits per heavy atom. The monoisotopic (exact) mass is 255 g/mol. The van der Waals surface area contributed by atoms with E-state index in [1.54, 1.807) is 0 Å². The quantitative estimate of drug-likeness (QED) is 0.874. The number of hydrogen-bond acceptors (Lipinski definition) is 2. The minimum absolute atomic E-state index is 0.00452. The van der Waals surface area contributed by atoms with E-state index in [1.807, 2.05) is 0 Å². The number of aliphatic hydroxyl groups excluding tert-OH is 1. The number of amides is 1. The van der Waals surface area contributed by atoms with Crippen LogP contribution >= 0.6 is 0 Å². The molecule has 3 nitrogen and oxygen atoms in total. The van der Waals surface area contributed by atoms with E-state index >= 15 is 0 Å². The molecule has 1 aliphatic rings. The van der Waals surface area contributed by atoms with Crippen LogP contribution in [0.5, 0.6) is 0 Å². The van der Waals surface area contributed by atoms with Crippen LogP contribution in [0.2, 0.25) is 0 Å². The lowest BCUT2D eigenvalue weighted by atomic mass is 10.1. The van der Waals surface area contributed by atoms with Gasteiger partial charge in [-0.05, 0) is 25.0 Å². The molecule has 0 aliphatic carbocycles. The standard InChI is InChI=1S/C13H15F2NO2/c1-8-2-3-10(14)11(12(8)15)13(18)16-5-4-9(6-16)7-17/h2-3,9,17H,4-7H2,1H3. The maximum Gasteiger partial charge on any atom is 0.259 e. The van der Waals surface area contributed by atoms with Crippen LogP contribution in [0, 0.1) is 24.5 Å². The Morgan fingerprint density at radius 2 is 2.22 bits per heavy atom. The zero-order valence-corrected chi connectivity index (χ0v) is 10.1. The van der Waals surface area contributed by atoms with E-state index in [0.717, 1.165) is 6.07 Å². The van der Waals surface area contributed by atoms with Gasteiger partial charge in [-0.25, -0.2) is 8.78 Å². The SMILES string of the molecule is Cc1ccc(F)c(C(=O)N2CCC(CO)C2)c1F. The fourth-order valence-corrected chi connectivity index (χ4v) is 2.18. The molecule has 1 saturated heterocycles. The van der Waals surface area contributed by atoms with Crippen LogP contribution in [-0.2, 0) is 0 Å². The minimum atomic E-state index is -0.837. The summed E-state index contributed by atoms with van der Waals surface area (Å²) in [4.78, 5) is 13.5. The molecule has 1 aromatic carbocycles. The van der Waals surface area contributed by atoms with Gasteiger partial charge in [-0.2, -0.15) is 0 Å². The van der Waals surface area contributed by atoms with Gasteiger partial charge in [0.05, 0.1) is 0 Å². The molecule has 0 saturated carbocycles. The minimum Gasteiger partial charge on any atom is -0.396 e. The van der Waals surface area contributed by atoms with Gasteiger partial charge in [0.2, 0.25) is 0 Å². The molecule has 1 amide bonds. The first kappa shape index (κ1) is 13.0. The first-order valence-corrected chi connectivity index (χ1v) is 5.89. The van der Waals surface area contributed by atoms with Crippen molar-refractivity contribution in [1.29, 1.82) is 0 Å². The molecule has 0 bridgehead atoms. The van der Waals surface area contributed by atoms with Crippen LogP contribution < -0.4 is 0 Å². The van der Waals surface area contributed by atoms with Gasteiger partial charge in [0, 0.05) is 25.6 Å². The molecule has 1 unspecified atom stereocenters. The summed E-state index contributed by atoms with van der Waals surface area (Å²) in [7, 11) is 0. The fraction of sp³-hybridized carbons (Fsp3) is 0.462. The van der Waals surface area contributed by atoms with Gasteiger partial charge in [0.25, 0.3) is 5.91 Å². The van der Waals surface area contributed by atoms with Crippen LogP contribution in [0.3, 0.4) is 0 Å². The summed E-state index contributed by atoms with van der Waals surface area (Å²) in [5, 5.41) is 9.00. The highest BCUT2D eigenvalue weighted by atomic mass is 19.1. The third-order valence-electron chi connectivity index (χ3n) is 3.33. The third-order valence-corrected chi connectivity index (χ3v) is 3.33. The van der Waals surface area contributed by atoms with Crippen molar-refractivity contribution in [3.63, 3.8) is 0 Å². The molecule has 5 heteroatoms. The second kappa shape index (κ2) is 5.02. The number of carbonyl (C=O) groups is 1. The maximum absolute atomic E-state index is 13.8. The summed E-state index contributed by atoms with van der Waals surface area (Å²) in [6.07, 6.45) is 0.664. The van der Waals surface area contributed by atoms with E-state index in [0.29, 0.717) is 19.5 Å². The van der Waals surface area contributed by atoms with Crippen LogP contribution in [0.4, 0.5) is 8.78 Å². The number of likely N-dealkylation sites (tertiary alicyclic amines) is 1. The highest BCUT2D eigenvalue weighted by Crippen LogP contribution is 2.22. The summed E-state index contributed by atoms with van der Waals surface area (Å²) in [5.74, 6) is -2.27. The summed E-state index contributed by atoms with van der Waals surface area (Å²) in [6, 6.07) is 2.41. The summed E-state index contributed by atoms with van der Waals surface area (Å²) < 4.78 is 27.4. The number of halogens is 2. The van der Waals surface area contributed by atoms with E-state index < -0.39 is 23.1 Å². The van der Waals surface area contributed by atoms with Crippen molar-refractivity contribution in [1.82, 2.24) is 4.90 Å². The van der Waals surface area contributed by atoms with Gasteiger partial charge in [0.1, 0.15) is 17.2 Å². The maximum atomic E-state index is 13.8. The number of carbonyl (C=O) groups excluding carboxylic acids is 1. The Labute approximate surface area is 104 Å². The molecule has 0 radical (unpaired) electrons. The predicted molar refractivity (Wildman–Crippen MR) is 62.2 cm³/mol. The predicted octanol–water partition coefficient (Wildman–Crippen LogP) is 1.73. The Kier molecular flexibility index (Phi) is 3.61. The van der Waals surface area contributed by atoms with Crippen LogP contribution in [0.25, 0.3) is 0 Å². The Morgan fingerprint density at radius 3 is 2.83 bits per heavy atom. The second-order valence-electron chi connectivity index (χ2n) is 4.64. The Balaban J connectivity index is 2.27. The van der Waals surface area contributed by atoms with Crippen molar-refractivity contribution in [3.8, 4) is 0 Å². The molecule has 0 aromatic heterocycles. The zero-order valence-electron chi connectivity index (χ0n) is 10.1. The number of aliphatic hydroxyl groups is 1. The van der Waals surface area contributed by atoms with Gasteiger partial charge >= 0.3 is 0 Å². The highest BCUT2D eigenvalue weighted by Gasteiger charge is 2.30. The van der Waals surface area contributed by atoms with E-state index in [9.17, 15) is 13.6 Å². The third kappa shape index (κ3) is 2.22. The number of nitrogens with zero attached hydrogens (tertiary/aromatic N) is 1. The Bertz CT molecular complexity index is 476. The smallest absolute Gasteiger partial charge is 0.259 e. The van der Waals surface area contributed by atoms with Gasteiger partial charge in [-0.15, -0.1) is 0 Å². The van der Waals surface area contributed by atoms with Crippen molar-refractivity contribution in [2.45, 2.75) is 13.3 Å². The van der Waals surface area contributed by atoms with Crippen LogP contribution in [0.1, 0.15) is 22.3 Å². The average molecular weight is 255 g/mol. The van der Waals surface area contributed by atoms with E-state index in [-0.39, 0.29) is 18.1 Å². The van der Waals surface area contributed by atoms with E-state index in [4.69, 9.17) is 5.11 Å². The van der Waals surface area contributed by atoms with E-state index in [1.165, 1.54) is 17.9 Å². The fourth-order valence-electron chi connectivity index (χ4n) is 2.18. The molecule has 1 heterocycles. The van der Waals surface area contributed by atoms with E-state index in [2.05, 4.69) is 0 Å². The molecule has 98 valence electrons. The lowest BCUT2D eigenvalue weighted by Gasteiger charge is -2.17. The van der Waals surface area contributed by atoms with Gasteiger partial charge in [0.15, 0.2) is 0 Å². The Hall–Kier alpha value is -1.49. The van der Waals surface area contributed by atoms with Crippen molar-refractivity contribution < 1.29 is 18.7 Å². The molecule has 18 heavy (non-hydrogen) atoms. The lowest BCUT2D eigenvalue weighted by molar-refractivity contribution is 0.0772. The topological polar surface area (TPSA) is 40.5 Å². The molecular weight excluding hydrogens is 240 g/mol. The first-order chi connectivity index (χ1) is 8.54. The van der Waals surface area contributed by atoms with Crippen molar-refractivity contribution in [2.75, 3.05) is 19.7 Å². The van der Waals surface area contributed by atoms with Crippen molar-refractivity contribution in [2.24, 2.45) is 5.92 Å². The molecule has 1 fully saturated rings. The first-order valence-electron chi connectivity index (χ1n) is 5.89. The normalized spacial score (nSPS) is 19.3. The largest absolute Gasteiger partial charge is 0.396 e. The summed E-state index contributed by atoms with van der Waals surface area (Å²) >= 11 is 0. The molecule has 1 aromatic rings. The van der Waals surface area contributed by atoms with Gasteiger partial charge in [-0.3, -0.25) is 4.79 Å². The van der Waals surface area contributed by atoms with Crippen LogP contribution in [-0.4, -0.2) is 35.6 Å². The van der Waals surface area contributed by atoms with Crippen molar-refractivity contribution >= 4 is 5.91 Å². The average Bonchev–Trinajstić information content (AvgIpc) is 2.83. The molecule has 1 aliphatic heterocycles.